The molecule has 0 saturated carbocycles. The van der Waals surface area contributed by atoms with E-state index in [0.717, 1.165) is 21.7 Å². The zero-order valence-corrected chi connectivity index (χ0v) is 18.2. The number of rotatable bonds is 5. The summed E-state index contributed by atoms with van der Waals surface area (Å²) < 4.78 is 1.39. The Kier molecular flexibility index (Phi) is 5.70. The minimum Gasteiger partial charge on any atom is -0.311 e. The van der Waals surface area contributed by atoms with Crippen LogP contribution in [0.2, 0.25) is 5.02 Å². The first kappa shape index (κ1) is 20.3. The molecule has 0 fully saturated rings. The lowest BCUT2D eigenvalue weighted by atomic mass is 10.0. The Morgan fingerprint density at radius 2 is 1.83 bits per heavy atom. The molecule has 7 heteroatoms. The fourth-order valence-electron chi connectivity index (χ4n) is 3.56. The predicted molar refractivity (Wildman–Crippen MR) is 124 cm³/mol. The molecule has 30 heavy (non-hydrogen) atoms. The van der Waals surface area contributed by atoms with Crippen LogP contribution in [0.4, 0.5) is 5.69 Å². The number of aromatic nitrogens is 2. The minimum absolute atomic E-state index is 0.0700. The highest BCUT2D eigenvalue weighted by Gasteiger charge is 2.20. The fourth-order valence-corrected chi connectivity index (χ4v) is 4.69. The molecule has 4 aromatic rings. The van der Waals surface area contributed by atoms with Gasteiger partial charge in [-0.25, -0.2) is 4.98 Å². The molecule has 0 atom stereocenters. The largest absolute Gasteiger partial charge is 0.311 e. The molecule has 5 nitrogen and oxygen atoms in total. The third-order valence-corrected chi connectivity index (χ3v) is 6.24. The first-order valence-electron chi connectivity index (χ1n) is 9.59. The van der Waals surface area contributed by atoms with E-state index in [1.54, 1.807) is 17.0 Å². The maximum atomic E-state index is 13.3. The van der Waals surface area contributed by atoms with Gasteiger partial charge in [-0.1, -0.05) is 41.9 Å². The summed E-state index contributed by atoms with van der Waals surface area (Å²) in [5.41, 5.74) is 2.35. The predicted octanol–water partition coefficient (Wildman–Crippen LogP) is 5.14. The van der Waals surface area contributed by atoms with Crippen LogP contribution in [0.15, 0.2) is 65.7 Å². The maximum Gasteiger partial charge on any atom is 0.263 e. The molecule has 0 aliphatic heterocycles. The zero-order valence-electron chi connectivity index (χ0n) is 16.6. The van der Waals surface area contributed by atoms with E-state index in [1.165, 1.54) is 22.2 Å². The first-order valence-corrected chi connectivity index (χ1v) is 10.8. The van der Waals surface area contributed by atoms with Crippen molar-refractivity contribution in [3.05, 3.63) is 81.2 Å². The molecule has 0 N–H and O–H groups in total. The molecule has 2 aromatic carbocycles. The Morgan fingerprint density at radius 1 is 1.13 bits per heavy atom. The summed E-state index contributed by atoms with van der Waals surface area (Å²) in [5, 5.41) is 1.18. The van der Waals surface area contributed by atoms with Crippen LogP contribution < -0.4 is 10.5 Å². The number of carbonyl (C=O) groups is 1. The van der Waals surface area contributed by atoms with Crippen molar-refractivity contribution in [2.45, 2.75) is 20.4 Å². The van der Waals surface area contributed by atoms with Gasteiger partial charge in [0.1, 0.15) is 11.4 Å². The molecule has 2 heterocycles. The second-order valence-electron chi connectivity index (χ2n) is 6.87. The summed E-state index contributed by atoms with van der Waals surface area (Å²) in [6.07, 6.45) is 1.46. The molecule has 0 radical (unpaired) electrons. The molecule has 0 saturated heterocycles. The number of hydrogen-bond acceptors (Lipinski definition) is 4. The molecule has 2 aromatic heterocycles. The Bertz CT molecular complexity index is 1260. The number of halogens is 1. The van der Waals surface area contributed by atoms with Crippen molar-refractivity contribution in [1.82, 2.24) is 9.55 Å². The molecule has 0 unspecified atom stereocenters. The van der Waals surface area contributed by atoms with Crippen LogP contribution in [0.3, 0.4) is 0 Å². The molecule has 152 valence electrons. The summed E-state index contributed by atoms with van der Waals surface area (Å²) in [4.78, 5) is 34.1. The van der Waals surface area contributed by atoms with Gasteiger partial charge in [0.15, 0.2) is 0 Å². The smallest absolute Gasteiger partial charge is 0.263 e. The van der Waals surface area contributed by atoms with Crippen LogP contribution in [0.1, 0.15) is 11.8 Å². The SMILES string of the molecule is CCN(C(=O)Cn1cnc2sc(C)c(-c3ccc(Cl)cc3)c2c1=O)c1ccccc1. The number of likely N-dealkylation sites (N-methyl/N-ethyl adjacent to an activating group) is 1. The summed E-state index contributed by atoms with van der Waals surface area (Å²) in [5.74, 6) is -0.160. The van der Waals surface area contributed by atoms with E-state index in [0.29, 0.717) is 21.8 Å². The van der Waals surface area contributed by atoms with Crippen molar-refractivity contribution in [3.8, 4) is 11.1 Å². The van der Waals surface area contributed by atoms with Crippen molar-refractivity contribution in [1.29, 1.82) is 0 Å². The quantitative estimate of drug-likeness (QED) is 0.434. The summed E-state index contributed by atoms with van der Waals surface area (Å²) in [6, 6.07) is 16.8. The van der Waals surface area contributed by atoms with Gasteiger partial charge in [0, 0.05) is 27.7 Å². The van der Waals surface area contributed by atoms with E-state index < -0.39 is 0 Å². The van der Waals surface area contributed by atoms with Crippen molar-refractivity contribution in [2.24, 2.45) is 0 Å². The highest BCUT2D eigenvalue weighted by Crippen LogP contribution is 2.35. The zero-order chi connectivity index (χ0) is 21.3. The van der Waals surface area contributed by atoms with Crippen LogP contribution >= 0.6 is 22.9 Å². The summed E-state index contributed by atoms with van der Waals surface area (Å²) >= 11 is 7.50. The highest BCUT2D eigenvalue weighted by molar-refractivity contribution is 7.19. The van der Waals surface area contributed by atoms with Crippen LogP contribution in [0, 0.1) is 6.92 Å². The Morgan fingerprint density at radius 3 is 2.50 bits per heavy atom. The summed E-state index contributed by atoms with van der Waals surface area (Å²) in [7, 11) is 0. The van der Waals surface area contributed by atoms with E-state index in [9.17, 15) is 9.59 Å². The van der Waals surface area contributed by atoms with Gasteiger partial charge in [-0.15, -0.1) is 11.3 Å². The van der Waals surface area contributed by atoms with Gasteiger partial charge in [-0.05, 0) is 43.7 Å². The van der Waals surface area contributed by atoms with E-state index in [2.05, 4.69) is 4.98 Å². The Balaban J connectivity index is 1.75. The average Bonchev–Trinajstić information content (AvgIpc) is 3.09. The molecule has 0 spiro atoms. The Hall–Kier alpha value is -2.96. The normalized spacial score (nSPS) is 11.0. The molecular weight excluding hydrogens is 418 g/mol. The fraction of sp³-hybridized carbons (Fsp3) is 0.174. The maximum absolute atomic E-state index is 13.3. The number of nitrogens with zero attached hydrogens (tertiary/aromatic N) is 3. The number of thiophene rings is 1. The van der Waals surface area contributed by atoms with Gasteiger partial charge < -0.3 is 4.90 Å². The van der Waals surface area contributed by atoms with Crippen LogP contribution in [-0.4, -0.2) is 22.0 Å². The molecule has 0 aliphatic rings. The van der Waals surface area contributed by atoms with Crippen molar-refractivity contribution < 1.29 is 4.79 Å². The van der Waals surface area contributed by atoms with Gasteiger partial charge in [-0.2, -0.15) is 0 Å². The average molecular weight is 438 g/mol. The van der Waals surface area contributed by atoms with E-state index in [-0.39, 0.29) is 18.0 Å². The topological polar surface area (TPSA) is 55.2 Å². The Labute approximate surface area is 183 Å². The van der Waals surface area contributed by atoms with Crippen molar-refractivity contribution in [3.63, 3.8) is 0 Å². The van der Waals surface area contributed by atoms with Crippen molar-refractivity contribution in [2.75, 3.05) is 11.4 Å². The molecule has 1 amide bonds. The molecule has 0 bridgehead atoms. The van der Waals surface area contributed by atoms with E-state index in [4.69, 9.17) is 11.6 Å². The minimum atomic E-state index is -0.216. The van der Waals surface area contributed by atoms with Gasteiger partial charge in [0.05, 0.1) is 11.7 Å². The highest BCUT2D eigenvalue weighted by atomic mass is 35.5. The summed E-state index contributed by atoms with van der Waals surface area (Å²) in [6.45, 7) is 4.33. The monoisotopic (exact) mass is 437 g/mol. The molecule has 4 rings (SSSR count). The number of anilines is 1. The van der Waals surface area contributed by atoms with Crippen molar-refractivity contribution >= 4 is 44.7 Å². The van der Waals surface area contributed by atoms with Gasteiger partial charge in [-0.3, -0.25) is 14.2 Å². The standard InChI is InChI=1S/C23H20ClN3O2S/c1-3-27(18-7-5-4-6-8-18)19(28)13-26-14-25-22-21(23(26)29)20(15(2)30-22)16-9-11-17(24)12-10-16/h4-12,14H,3,13H2,1-2H3. The molecular formula is C23H20ClN3O2S. The lowest BCUT2D eigenvalue weighted by Crippen LogP contribution is -2.36. The van der Waals surface area contributed by atoms with Crippen LogP contribution in [0.5, 0.6) is 0 Å². The number of benzene rings is 2. The number of fused-ring (bicyclic) bond motifs is 1. The second-order valence-corrected chi connectivity index (χ2v) is 8.51. The number of para-hydroxylation sites is 1. The van der Waals surface area contributed by atoms with E-state index >= 15 is 0 Å². The number of amides is 1. The second kappa shape index (κ2) is 8.42. The van der Waals surface area contributed by atoms with E-state index in [1.807, 2.05) is 56.3 Å². The van der Waals surface area contributed by atoms with Gasteiger partial charge in [0.25, 0.3) is 5.56 Å². The number of aryl methyl sites for hydroxylation is 1. The molecule has 0 aliphatic carbocycles. The first-order chi connectivity index (χ1) is 14.5. The third-order valence-electron chi connectivity index (χ3n) is 4.98. The van der Waals surface area contributed by atoms with Crippen LogP contribution in [-0.2, 0) is 11.3 Å². The lowest BCUT2D eigenvalue weighted by Gasteiger charge is -2.21. The third kappa shape index (κ3) is 3.76. The number of carbonyl (C=O) groups excluding carboxylic acids is 1. The lowest BCUT2D eigenvalue weighted by molar-refractivity contribution is -0.119. The van der Waals surface area contributed by atoms with Gasteiger partial charge in [0.2, 0.25) is 5.91 Å². The van der Waals surface area contributed by atoms with Gasteiger partial charge >= 0.3 is 0 Å². The van der Waals surface area contributed by atoms with Crippen LogP contribution in [0.25, 0.3) is 21.3 Å². The number of hydrogen-bond donors (Lipinski definition) is 0.